The molecule has 5 nitrogen and oxygen atoms in total. The van der Waals surface area contributed by atoms with Gasteiger partial charge in [0.1, 0.15) is 11.6 Å². The van der Waals surface area contributed by atoms with Crippen molar-refractivity contribution in [2.75, 3.05) is 26.7 Å². The van der Waals surface area contributed by atoms with E-state index in [1.807, 2.05) is 33.8 Å². The van der Waals surface area contributed by atoms with Gasteiger partial charge in [0.25, 0.3) is 0 Å². The Morgan fingerprint density at radius 1 is 1.23 bits per heavy atom. The SMILES string of the molecule is C/C=C(/C)Cl.C=C1CC2(CCN(C=O)CC2)C(=O)N1.CC.CCCN(C)C(C)(C)CC.Cc1ccc(F)cc1F. The van der Waals surface area contributed by atoms with Crippen LogP contribution in [-0.2, 0) is 9.59 Å². The highest BCUT2D eigenvalue weighted by atomic mass is 35.5. The lowest BCUT2D eigenvalue weighted by Gasteiger charge is -2.35. The van der Waals surface area contributed by atoms with Crippen LogP contribution in [-0.4, -0.2) is 54.3 Å². The fraction of sp³-hybridized carbons (Fsp3) is 0.625. The van der Waals surface area contributed by atoms with E-state index < -0.39 is 11.6 Å². The number of hydrogen-bond donors (Lipinski definition) is 1. The molecule has 230 valence electrons. The van der Waals surface area contributed by atoms with Gasteiger partial charge in [-0.3, -0.25) is 9.59 Å². The Morgan fingerprint density at radius 3 is 2.08 bits per heavy atom. The molecule has 1 aromatic carbocycles. The van der Waals surface area contributed by atoms with E-state index >= 15 is 0 Å². The van der Waals surface area contributed by atoms with Gasteiger partial charge in [0.05, 0.1) is 5.41 Å². The van der Waals surface area contributed by atoms with Crippen LogP contribution in [0, 0.1) is 24.0 Å². The molecule has 2 amide bonds. The molecule has 3 rings (SSSR count). The number of likely N-dealkylation sites (tertiary alicyclic amines) is 1. The fourth-order valence-electron chi connectivity index (χ4n) is 3.76. The summed E-state index contributed by atoms with van der Waals surface area (Å²) in [7, 11) is 2.20. The second kappa shape index (κ2) is 20.6. The molecule has 2 aliphatic heterocycles. The van der Waals surface area contributed by atoms with Gasteiger partial charge in [-0.05, 0) is 85.5 Å². The van der Waals surface area contributed by atoms with Crippen LogP contribution in [0.2, 0.25) is 0 Å². The van der Waals surface area contributed by atoms with Crippen LogP contribution in [0.3, 0.4) is 0 Å². The third-order valence-electron chi connectivity index (χ3n) is 7.22. The van der Waals surface area contributed by atoms with Crippen LogP contribution < -0.4 is 5.32 Å². The van der Waals surface area contributed by atoms with Gasteiger partial charge in [-0.15, -0.1) is 0 Å². The highest BCUT2D eigenvalue weighted by molar-refractivity contribution is 6.29. The molecule has 0 unspecified atom stereocenters. The minimum atomic E-state index is -0.530. The third-order valence-corrected chi connectivity index (χ3v) is 7.44. The molecular weight excluding hydrogens is 532 g/mol. The van der Waals surface area contributed by atoms with Gasteiger partial charge in [0.2, 0.25) is 12.3 Å². The van der Waals surface area contributed by atoms with Crippen molar-refractivity contribution in [2.24, 2.45) is 5.41 Å². The molecule has 40 heavy (non-hydrogen) atoms. The predicted octanol–water partition coefficient (Wildman–Crippen LogP) is 8.22. The number of carbonyl (C=O) groups excluding carboxylic acids is 2. The summed E-state index contributed by atoms with van der Waals surface area (Å²) in [5.74, 6) is -0.929. The van der Waals surface area contributed by atoms with Crippen LogP contribution >= 0.6 is 11.6 Å². The summed E-state index contributed by atoms with van der Waals surface area (Å²) < 4.78 is 24.4. The lowest BCUT2D eigenvalue weighted by atomic mass is 9.77. The molecule has 0 aromatic heterocycles. The summed E-state index contributed by atoms with van der Waals surface area (Å²) in [4.78, 5) is 26.3. The van der Waals surface area contributed by atoms with Gasteiger partial charge in [-0.1, -0.05) is 58.0 Å². The molecule has 0 bridgehead atoms. The Labute approximate surface area is 248 Å². The normalized spacial score (nSPS) is 15.8. The molecule has 1 aromatic rings. The fourth-order valence-corrected chi connectivity index (χ4v) is 3.76. The maximum Gasteiger partial charge on any atom is 0.230 e. The standard InChI is InChI=1S/C10H14N2O2.C9H21N.C7H6F2.C4H7Cl.C2H6/c1-8-6-10(9(14)11-8)2-4-12(7-13)5-3-10;1-6-8-10(5)9(3,4)7-2;1-5-2-3-6(8)4-7(5)9;1-3-4(2)5;1-2/h7H,1-6H2,(H,11,14);6-8H2,1-5H3;2-4H,1H3;3H,1-2H3;1-2H3/b;;;4-3-;. The first-order valence-electron chi connectivity index (χ1n) is 14.3. The van der Waals surface area contributed by atoms with Gasteiger partial charge in [-0.25, -0.2) is 8.78 Å². The lowest BCUT2D eigenvalue weighted by Crippen LogP contribution is -2.43. The summed E-state index contributed by atoms with van der Waals surface area (Å²) in [6.07, 6.45) is 7.44. The van der Waals surface area contributed by atoms with Crippen molar-refractivity contribution in [2.45, 2.75) is 100.0 Å². The molecule has 0 atom stereocenters. The van der Waals surface area contributed by atoms with E-state index in [1.165, 1.54) is 31.5 Å². The molecule has 0 saturated carbocycles. The van der Waals surface area contributed by atoms with Crippen molar-refractivity contribution in [3.8, 4) is 0 Å². The Hall–Kier alpha value is -2.25. The lowest BCUT2D eigenvalue weighted by molar-refractivity contribution is -0.132. The van der Waals surface area contributed by atoms with Gasteiger partial charge in [-0.2, -0.15) is 0 Å². The van der Waals surface area contributed by atoms with Gasteiger partial charge in [0.15, 0.2) is 0 Å². The summed E-state index contributed by atoms with van der Waals surface area (Å²) >= 11 is 5.32. The monoisotopic (exact) mass is 585 g/mol. The average Bonchev–Trinajstić information content (AvgIpc) is 3.20. The van der Waals surface area contributed by atoms with E-state index in [1.54, 1.807) is 11.8 Å². The second-order valence-corrected chi connectivity index (χ2v) is 11.1. The smallest absolute Gasteiger partial charge is 0.230 e. The van der Waals surface area contributed by atoms with E-state index in [4.69, 9.17) is 11.6 Å². The van der Waals surface area contributed by atoms with Crippen molar-refractivity contribution in [3.05, 3.63) is 58.8 Å². The van der Waals surface area contributed by atoms with Crippen molar-refractivity contribution in [1.29, 1.82) is 0 Å². The molecule has 2 saturated heterocycles. The minimum absolute atomic E-state index is 0.0908. The number of rotatable bonds is 5. The molecule has 2 fully saturated rings. The zero-order valence-corrected chi connectivity index (χ0v) is 27.4. The zero-order chi connectivity index (χ0) is 31.5. The van der Waals surface area contributed by atoms with Crippen LogP contribution in [0.1, 0.15) is 93.1 Å². The highest BCUT2D eigenvalue weighted by Gasteiger charge is 2.45. The number of carbonyl (C=O) groups is 2. The number of piperidine rings is 1. The average molecular weight is 586 g/mol. The van der Waals surface area contributed by atoms with Crippen molar-refractivity contribution >= 4 is 23.9 Å². The first-order valence-corrected chi connectivity index (χ1v) is 14.7. The largest absolute Gasteiger partial charge is 0.345 e. The van der Waals surface area contributed by atoms with Crippen molar-refractivity contribution in [3.63, 3.8) is 0 Å². The van der Waals surface area contributed by atoms with E-state index in [9.17, 15) is 18.4 Å². The Balaban J connectivity index is 0. The number of nitrogens with zero attached hydrogens (tertiary/aromatic N) is 2. The first kappa shape index (κ1) is 39.9. The van der Waals surface area contributed by atoms with Crippen LogP contribution in [0.4, 0.5) is 8.78 Å². The number of benzene rings is 1. The number of aryl methyl sites for hydroxylation is 1. The van der Waals surface area contributed by atoms with E-state index in [0.717, 1.165) is 42.5 Å². The highest BCUT2D eigenvalue weighted by Crippen LogP contribution is 2.40. The van der Waals surface area contributed by atoms with E-state index in [0.29, 0.717) is 24.2 Å². The molecular formula is C32H54ClF2N3O2. The summed E-state index contributed by atoms with van der Waals surface area (Å²) in [5, 5.41) is 3.62. The van der Waals surface area contributed by atoms with Crippen LogP contribution in [0.25, 0.3) is 0 Å². The molecule has 1 spiro atoms. The maximum atomic E-state index is 12.3. The van der Waals surface area contributed by atoms with Crippen LogP contribution in [0.5, 0.6) is 0 Å². The summed E-state index contributed by atoms with van der Waals surface area (Å²) in [6, 6.07) is 3.51. The summed E-state index contributed by atoms with van der Waals surface area (Å²) in [6.45, 7) is 24.8. The van der Waals surface area contributed by atoms with Crippen molar-refractivity contribution < 1.29 is 18.4 Å². The second-order valence-electron chi connectivity index (χ2n) is 10.5. The van der Waals surface area contributed by atoms with Gasteiger partial charge in [0, 0.05) is 41.8 Å². The molecule has 0 radical (unpaired) electrons. The number of hydrogen-bond acceptors (Lipinski definition) is 3. The predicted molar refractivity (Wildman–Crippen MR) is 166 cm³/mol. The van der Waals surface area contributed by atoms with Gasteiger partial charge >= 0.3 is 0 Å². The molecule has 1 N–H and O–H groups in total. The molecule has 8 heteroatoms. The molecule has 2 heterocycles. The van der Waals surface area contributed by atoms with Crippen LogP contribution in [0.15, 0.2) is 41.6 Å². The number of allylic oxidation sites excluding steroid dienone is 3. The van der Waals surface area contributed by atoms with Gasteiger partial charge < -0.3 is 15.1 Å². The Bertz CT molecular complexity index is 923. The minimum Gasteiger partial charge on any atom is -0.345 e. The summed E-state index contributed by atoms with van der Waals surface area (Å²) in [5.41, 5.74) is 1.40. The third kappa shape index (κ3) is 14.9. The number of halogens is 3. The molecule has 0 aliphatic carbocycles. The number of amides is 2. The zero-order valence-electron chi connectivity index (χ0n) is 26.6. The maximum absolute atomic E-state index is 12.3. The first-order chi connectivity index (χ1) is 18.7. The number of nitrogens with one attached hydrogen (secondary N) is 1. The Morgan fingerprint density at radius 2 is 1.75 bits per heavy atom. The van der Waals surface area contributed by atoms with Crippen molar-refractivity contribution in [1.82, 2.24) is 15.1 Å². The quantitative estimate of drug-likeness (QED) is 0.354. The topological polar surface area (TPSA) is 52.7 Å². The van der Waals surface area contributed by atoms with E-state index in [2.05, 4.69) is 51.5 Å². The van der Waals surface area contributed by atoms with E-state index in [-0.39, 0.29) is 11.3 Å². The Kier molecular flexibility index (Phi) is 20.5. The molecule has 2 aliphatic rings.